The predicted molar refractivity (Wildman–Crippen MR) is 119 cm³/mol. The van der Waals surface area contributed by atoms with Gasteiger partial charge in [-0.3, -0.25) is 4.79 Å². The summed E-state index contributed by atoms with van der Waals surface area (Å²) in [5, 5.41) is 4.09. The standard InChI is InChI=1S/C24H27N3O3/c1-16-10-17(2)12-21(11-16)27-18(3)13-20(19(27)4)14-25-26-24(28)15-30-23-8-6-22(29-5)7-9-23/h6-14H,15H2,1-5H3,(H,26,28)/b25-14-. The van der Waals surface area contributed by atoms with Gasteiger partial charge in [0.25, 0.3) is 5.91 Å². The number of nitrogens with one attached hydrogen (secondary N) is 1. The van der Waals surface area contributed by atoms with Crippen molar-refractivity contribution in [2.75, 3.05) is 13.7 Å². The molecule has 1 N–H and O–H groups in total. The van der Waals surface area contributed by atoms with Crippen LogP contribution in [0.15, 0.2) is 53.6 Å². The van der Waals surface area contributed by atoms with E-state index in [4.69, 9.17) is 9.47 Å². The van der Waals surface area contributed by atoms with Gasteiger partial charge in [-0.1, -0.05) is 6.07 Å². The Morgan fingerprint density at radius 3 is 2.27 bits per heavy atom. The fourth-order valence-corrected chi connectivity index (χ4v) is 3.42. The maximum absolute atomic E-state index is 12.0. The van der Waals surface area contributed by atoms with Crippen LogP contribution in [0.4, 0.5) is 0 Å². The predicted octanol–water partition coefficient (Wildman–Crippen LogP) is 4.25. The Kier molecular flexibility index (Phi) is 6.57. The van der Waals surface area contributed by atoms with Crippen molar-refractivity contribution in [2.45, 2.75) is 27.7 Å². The van der Waals surface area contributed by atoms with E-state index in [1.54, 1.807) is 37.6 Å². The van der Waals surface area contributed by atoms with Crippen LogP contribution in [0.25, 0.3) is 5.69 Å². The highest BCUT2D eigenvalue weighted by molar-refractivity contribution is 5.84. The monoisotopic (exact) mass is 405 g/mol. The van der Waals surface area contributed by atoms with Gasteiger partial charge in [0, 0.05) is 22.6 Å². The van der Waals surface area contributed by atoms with Crippen LogP contribution in [0, 0.1) is 27.7 Å². The first-order chi connectivity index (χ1) is 14.4. The Morgan fingerprint density at radius 2 is 1.63 bits per heavy atom. The molecule has 0 aliphatic carbocycles. The number of rotatable bonds is 7. The second-order valence-electron chi connectivity index (χ2n) is 7.27. The second-order valence-corrected chi connectivity index (χ2v) is 7.27. The quantitative estimate of drug-likeness (QED) is 0.472. The lowest BCUT2D eigenvalue weighted by atomic mass is 10.1. The van der Waals surface area contributed by atoms with Gasteiger partial charge in [-0.05, 0) is 81.3 Å². The molecule has 1 amide bonds. The number of hydrazone groups is 1. The Morgan fingerprint density at radius 1 is 1.00 bits per heavy atom. The number of carbonyl (C=O) groups excluding carboxylic acids is 1. The maximum atomic E-state index is 12.0. The summed E-state index contributed by atoms with van der Waals surface area (Å²) in [6.07, 6.45) is 1.66. The van der Waals surface area contributed by atoms with Crippen molar-refractivity contribution in [1.82, 2.24) is 9.99 Å². The zero-order valence-corrected chi connectivity index (χ0v) is 18.0. The average Bonchev–Trinajstić information content (AvgIpc) is 2.99. The SMILES string of the molecule is COc1ccc(OCC(=O)N/N=C\c2cc(C)n(-c3cc(C)cc(C)c3)c2C)cc1. The molecule has 0 atom stereocenters. The topological polar surface area (TPSA) is 64.8 Å². The number of methoxy groups -OCH3 is 1. The molecule has 1 heterocycles. The summed E-state index contributed by atoms with van der Waals surface area (Å²) in [6, 6.07) is 15.6. The van der Waals surface area contributed by atoms with E-state index in [0.29, 0.717) is 5.75 Å². The summed E-state index contributed by atoms with van der Waals surface area (Å²) in [7, 11) is 1.60. The van der Waals surface area contributed by atoms with Crippen molar-refractivity contribution in [1.29, 1.82) is 0 Å². The Labute approximate surface area is 177 Å². The molecule has 30 heavy (non-hydrogen) atoms. The van der Waals surface area contributed by atoms with Crippen molar-refractivity contribution in [3.63, 3.8) is 0 Å². The molecule has 1 aromatic heterocycles. The highest BCUT2D eigenvalue weighted by atomic mass is 16.5. The first-order valence-corrected chi connectivity index (χ1v) is 9.73. The highest BCUT2D eigenvalue weighted by Crippen LogP contribution is 2.22. The summed E-state index contributed by atoms with van der Waals surface area (Å²) in [5.74, 6) is 0.993. The number of carbonyl (C=O) groups is 1. The summed E-state index contributed by atoms with van der Waals surface area (Å²) in [4.78, 5) is 12.0. The molecule has 0 fully saturated rings. The minimum atomic E-state index is -0.329. The van der Waals surface area contributed by atoms with Crippen LogP contribution in [-0.4, -0.2) is 30.4 Å². The van der Waals surface area contributed by atoms with Gasteiger partial charge in [-0.25, -0.2) is 5.43 Å². The van der Waals surface area contributed by atoms with E-state index in [9.17, 15) is 4.79 Å². The normalized spacial score (nSPS) is 11.0. The Hall–Kier alpha value is -3.54. The molecule has 156 valence electrons. The summed E-state index contributed by atoms with van der Waals surface area (Å²) in [5.41, 5.74) is 9.18. The lowest BCUT2D eigenvalue weighted by molar-refractivity contribution is -0.123. The lowest BCUT2D eigenvalue weighted by Crippen LogP contribution is -2.24. The number of ether oxygens (including phenoxy) is 2. The van der Waals surface area contributed by atoms with Gasteiger partial charge >= 0.3 is 0 Å². The van der Waals surface area contributed by atoms with Crippen LogP contribution in [-0.2, 0) is 4.79 Å². The number of hydrogen-bond acceptors (Lipinski definition) is 4. The molecule has 6 nitrogen and oxygen atoms in total. The molecule has 0 radical (unpaired) electrons. The smallest absolute Gasteiger partial charge is 0.277 e. The third kappa shape index (κ3) is 5.08. The van der Waals surface area contributed by atoms with Gasteiger partial charge in [0.2, 0.25) is 0 Å². The number of aromatic nitrogens is 1. The van der Waals surface area contributed by atoms with Crippen LogP contribution in [0.1, 0.15) is 28.1 Å². The molecular formula is C24H27N3O3. The van der Waals surface area contributed by atoms with E-state index in [-0.39, 0.29) is 12.5 Å². The zero-order chi connectivity index (χ0) is 21.7. The number of benzene rings is 2. The van der Waals surface area contributed by atoms with E-state index < -0.39 is 0 Å². The van der Waals surface area contributed by atoms with Gasteiger partial charge < -0.3 is 14.0 Å². The van der Waals surface area contributed by atoms with E-state index in [2.05, 4.69) is 60.1 Å². The van der Waals surface area contributed by atoms with Crippen molar-refractivity contribution in [3.8, 4) is 17.2 Å². The summed E-state index contributed by atoms with van der Waals surface area (Å²) >= 11 is 0. The van der Waals surface area contributed by atoms with Gasteiger partial charge in [0.1, 0.15) is 11.5 Å². The minimum Gasteiger partial charge on any atom is -0.497 e. The van der Waals surface area contributed by atoms with Crippen molar-refractivity contribution < 1.29 is 14.3 Å². The summed E-state index contributed by atoms with van der Waals surface area (Å²) < 4.78 is 12.7. The minimum absolute atomic E-state index is 0.120. The molecule has 0 unspecified atom stereocenters. The lowest BCUT2D eigenvalue weighted by Gasteiger charge is -2.11. The van der Waals surface area contributed by atoms with Gasteiger partial charge in [0.05, 0.1) is 13.3 Å². The molecule has 0 aliphatic rings. The van der Waals surface area contributed by atoms with E-state index in [1.165, 1.54) is 11.1 Å². The van der Waals surface area contributed by atoms with Crippen LogP contribution < -0.4 is 14.9 Å². The molecule has 0 saturated carbocycles. The van der Waals surface area contributed by atoms with Gasteiger partial charge in [0.15, 0.2) is 6.61 Å². The highest BCUT2D eigenvalue weighted by Gasteiger charge is 2.10. The number of amides is 1. The van der Waals surface area contributed by atoms with Gasteiger partial charge in [-0.2, -0.15) is 5.10 Å². The van der Waals surface area contributed by atoms with Crippen LogP contribution in [0.5, 0.6) is 11.5 Å². The van der Waals surface area contributed by atoms with Gasteiger partial charge in [-0.15, -0.1) is 0 Å². The van der Waals surface area contributed by atoms with Crippen molar-refractivity contribution in [2.24, 2.45) is 5.10 Å². The first-order valence-electron chi connectivity index (χ1n) is 9.73. The first kappa shape index (κ1) is 21.2. The second kappa shape index (κ2) is 9.31. The zero-order valence-electron chi connectivity index (χ0n) is 18.0. The van der Waals surface area contributed by atoms with E-state index >= 15 is 0 Å². The van der Waals surface area contributed by atoms with Crippen LogP contribution in [0.3, 0.4) is 0 Å². The Bertz CT molecular complexity index is 1050. The maximum Gasteiger partial charge on any atom is 0.277 e. The molecular weight excluding hydrogens is 378 g/mol. The molecule has 0 saturated heterocycles. The fraction of sp³-hybridized carbons (Fsp3) is 0.250. The number of nitrogens with zero attached hydrogens (tertiary/aromatic N) is 2. The number of aryl methyl sites for hydroxylation is 3. The Balaban J connectivity index is 1.62. The third-order valence-corrected chi connectivity index (χ3v) is 4.76. The van der Waals surface area contributed by atoms with E-state index in [0.717, 1.165) is 28.4 Å². The molecule has 2 aromatic carbocycles. The van der Waals surface area contributed by atoms with Crippen LogP contribution in [0.2, 0.25) is 0 Å². The molecule has 3 aromatic rings. The molecule has 0 bridgehead atoms. The third-order valence-electron chi connectivity index (χ3n) is 4.76. The summed E-state index contributed by atoms with van der Waals surface area (Å²) in [6.45, 7) is 8.17. The molecule has 0 spiro atoms. The largest absolute Gasteiger partial charge is 0.497 e. The fourth-order valence-electron chi connectivity index (χ4n) is 3.42. The van der Waals surface area contributed by atoms with E-state index in [1.807, 2.05) is 6.92 Å². The average molecular weight is 405 g/mol. The molecule has 3 rings (SSSR count). The van der Waals surface area contributed by atoms with Crippen molar-refractivity contribution >= 4 is 12.1 Å². The molecule has 6 heteroatoms. The van der Waals surface area contributed by atoms with Crippen LogP contribution >= 0.6 is 0 Å². The molecule has 0 aliphatic heterocycles. The number of hydrogen-bond donors (Lipinski definition) is 1. The van der Waals surface area contributed by atoms with Crippen molar-refractivity contribution in [3.05, 3.63) is 76.6 Å².